The standard InChI is InChI=1S/C4F3N3/c5-4(6,2-9)3(1-8)10-7/b10-3+. The molecular weight excluding hydrogens is 147 g/mol. The Morgan fingerprint density at radius 3 is 2.00 bits per heavy atom. The number of nitrogens with zero attached hydrogens (tertiary/aromatic N) is 3. The third-order valence-corrected chi connectivity index (χ3v) is 0.628. The molecule has 0 N–H and O–H groups in total. The minimum absolute atomic E-state index is 0.417. The van der Waals surface area contributed by atoms with Crippen LogP contribution in [0.4, 0.5) is 13.3 Å². The molecule has 52 valence electrons. The third-order valence-electron chi connectivity index (χ3n) is 0.628. The van der Waals surface area contributed by atoms with Crippen molar-refractivity contribution in [3.05, 3.63) is 0 Å². The van der Waals surface area contributed by atoms with Crippen LogP contribution in [0.3, 0.4) is 0 Å². The number of halogens is 3. The number of hydrogen-bond acceptors (Lipinski definition) is 3. The average Bonchev–Trinajstić information content (AvgIpc) is 1.90. The van der Waals surface area contributed by atoms with Gasteiger partial charge in [-0.15, -0.1) is 0 Å². The van der Waals surface area contributed by atoms with E-state index >= 15 is 0 Å². The van der Waals surface area contributed by atoms with E-state index in [9.17, 15) is 13.3 Å². The molecule has 0 heterocycles. The van der Waals surface area contributed by atoms with Gasteiger partial charge in [0.15, 0.2) is 0 Å². The summed E-state index contributed by atoms with van der Waals surface area (Å²) >= 11 is 0. The minimum atomic E-state index is -4.12. The lowest BCUT2D eigenvalue weighted by molar-refractivity contribution is 0.142. The van der Waals surface area contributed by atoms with Gasteiger partial charge in [0.1, 0.15) is 12.1 Å². The second-order valence-corrected chi connectivity index (χ2v) is 1.23. The molecule has 0 spiro atoms. The molecule has 0 aromatic heterocycles. The summed E-state index contributed by atoms with van der Waals surface area (Å²) in [4.78, 5) is 0. The molecule has 10 heavy (non-hydrogen) atoms. The lowest BCUT2D eigenvalue weighted by Crippen LogP contribution is -2.24. The fourth-order valence-corrected chi connectivity index (χ4v) is 0.195. The van der Waals surface area contributed by atoms with Crippen molar-refractivity contribution >= 4 is 5.71 Å². The Balaban J connectivity index is 4.70. The molecule has 0 atom stereocenters. The maximum atomic E-state index is 11.9. The number of rotatable bonds is 1. The lowest BCUT2D eigenvalue weighted by atomic mass is 10.2. The van der Waals surface area contributed by atoms with Gasteiger partial charge in [0.2, 0.25) is 5.71 Å². The topological polar surface area (TPSA) is 59.9 Å². The van der Waals surface area contributed by atoms with Gasteiger partial charge in [-0.3, -0.25) is 0 Å². The molecule has 6 heteroatoms. The molecule has 0 aromatic rings. The van der Waals surface area contributed by atoms with Crippen molar-refractivity contribution in [3.63, 3.8) is 0 Å². The van der Waals surface area contributed by atoms with Gasteiger partial charge in [0.25, 0.3) is 0 Å². The monoisotopic (exact) mass is 147 g/mol. The van der Waals surface area contributed by atoms with Crippen LogP contribution in [0.1, 0.15) is 0 Å². The molecule has 0 radical (unpaired) electrons. The van der Waals surface area contributed by atoms with Crippen molar-refractivity contribution in [1.29, 1.82) is 10.5 Å². The van der Waals surface area contributed by atoms with E-state index in [0.29, 0.717) is 6.07 Å². The zero-order chi connectivity index (χ0) is 8.20. The highest BCUT2D eigenvalue weighted by Crippen LogP contribution is 2.13. The first-order valence-electron chi connectivity index (χ1n) is 1.97. The first-order chi connectivity index (χ1) is 4.58. The second-order valence-electron chi connectivity index (χ2n) is 1.23. The quantitative estimate of drug-likeness (QED) is 0.519. The Morgan fingerprint density at radius 2 is 1.90 bits per heavy atom. The average molecular weight is 147 g/mol. The molecular formula is C4F3N3. The Morgan fingerprint density at radius 1 is 1.40 bits per heavy atom. The van der Waals surface area contributed by atoms with Crippen LogP contribution in [0.15, 0.2) is 5.21 Å². The van der Waals surface area contributed by atoms with Gasteiger partial charge in [-0.25, -0.2) is 0 Å². The molecule has 0 saturated heterocycles. The van der Waals surface area contributed by atoms with E-state index in [1.165, 1.54) is 5.21 Å². The maximum Gasteiger partial charge on any atom is 0.386 e. The van der Waals surface area contributed by atoms with E-state index in [2.05, 4.69) is 0 Å². The van der Waals surface area contributed by atoms with Gasteiger partial charge in [0, 0.05) is 0 Å². The molecule has 0 rings (SSSR count). The van der Waals surface area contributed by atoms with E-state index in [-0.39, 0.29) is 0 Å². The summed E-state index contributed by atoms with van der Waals surface area (Å²) in [5.74, 6) is -4.12. The van der Waals surface area contributed by atoms with E-state index in [4.69, 9.17) is 10.5 Å². The van der Waals surface area contributed by atoms with Crippen LogP contribution in [0.25, 0.3) is 0 Å². The van der Waals surface area contributed by atoms with Crippen molar-refractivity contribution in [1.82, 2.24) is 0 Å². The van der Waals surface area contributed by atoms with Gasteiger partial charge in [-0.05, 0) is 0 Å². The van der Waals surface area contributed by atoms with Crippen molar-refractivity contribution in [2.24, 2.45) is 5.21 Å². The van der Waals surface area contributed by atoms with E-state index in [1.54, 1.807) is 0 Å². The van der Waals surface area contributed by atoms with Crippen LogP contribution >= 0.6 is 0 Å². The number of nitriles is 2. The molecule has 0 aliphatic carbocycles. The van der Waals surface area contributed by atoms with Crippen LogP contribution in [0.2, 0.25) is 0 Å². The molecule has 0 aromatic carbocycles. The Labute approximate surface area is 53.9 Å². The van der Waals surface area contributed by atoms with Gasteiger partial charge in [-0.2, -0.15) is 19.3 Å². The van der Waals surface area contributed by atoms with Gasteiger partial charge in [-0.1, -0.05) is 9.70 Å². The molecule has 0 unspecified atom stereocenters. The maximum absolute atomic E-state index is 11.9. The molecule has 0 fully saturated rings. The SMILES string of the molecule is N#C/C(=N\F)C(F)(F)C#N. The van der Waals surface area contributed by atoms with Crippen LogP contribution in [0, 0.1) is 22.7 Å². The lowest BCUT2D eigenvalue weighted by Gasteiger charge is -1.98. The Hall–Kier alpha value is -1.56. The summed E-state index contributed by atoms with van der Waals surface area (Å²) in [5, 5.41) is 16.8. The molecule has 0 bridgehead atoms. The number of hydrogen-bond donors (Lipinski definition) is 0. The fourth-order valence-electron chi connectivity index (χ4n) is 0.195. The van der Waals surface area contributed by atoms with Crippen LogP contribution in [0.5, 0.6) is 0 Å². The first-order valence-corrected chi connectivity index (χ1v) is 1.97. The van der Waals surface area contributed by atoms with Gasteiger partial charge >= 0.3 is 5.92 Å². The highest BCUT2D eigenvalue weighted by atomic mass is 19.3. The van der Waals surface area contributed by atoms with Gasteiger partial charge in [0.05, 0.1) is 0 Å². The highest BCUT2D eigenvalue weighted by molar-refractivity contribution is 6.05. The molecule has 0 saturated carbocycles. The van der Waals surface area contributed by atoms with Crippen molar-refractivity contribution in [2.45, 2.75) is 5.92 Å². The summed E-state index contributed by atoms with van der Waals surface area (Å²) in [6, 6.07) is 1.16. The van der Waals surface area contributed by atoms with Crippen LogP contribution < -0.4 is 0 Å². The molecule has 0 amide bonds. The summed E-state index contributed by atoms with van der Waals surface area (Å²) < 4.78 is 34.8. The highest BCUT2D eigenvalue weighted by Gasteiger charge is 2.37. The Bertz CT molecular complexity index is 231. The molecule has 0 aliphatic rings. The first kappa shape index (κ1) is 8.44. The largest absolute Gasteiger partial charge is 0.386 e. The predicted molar refractivity (Wildman–Crippen MR) is 24.7 cm³/mol. The predicted octanol–water partition coefficient (Wildman–Crippen LogP) is 0.994. The molecule has 0 aliphatic heterocycles. The van der Waals surface area contributed by atoms with Crippen molar-refractivity contribution < 1.29 is 13.3 Å². The minimum Gasteiger partial charge on any atom is -0.191 e. The summed E-state index contributed by atoms with van der Waals surface area (Å²) in [6.45, 7) is 0. The summed E-state index contributed by atoms with van der Waals surface area (Å²) in [6.07, 6.45) is 0. The number of alkyl halides is 2. The summed E-state index contributed by atoms with van der Waals surface area (Å²) in [5.41, 5.74) is -1.73. The zero-order valence-electron chi connectivity index (χ0n) is 4.48. The normalized spacial score (nSPS) is 11.9. The zero-order valence-corrected chi connectivity index (χ0v) is 4.48. The summed E-state index contributed by atoms with van der Waals surface area (Å²) in [7, 11) is 0. The second kappa shape index (κ2) is 2.83. The van der Waals surface area contributed by atoms with E-state index in [1.807, 2.05) is 0 Å². The van der Waals surface area contributed by atoms with Crippen molar-refractivity contribution in [3.8, 4) is 12.1 Å². The molecule has 3 nitrogen and oxygen atoms in total. The van der Waals surface area contributed by atoms with Gasteiger partial charge < -0.3 is 0 Å². The smallest absolute Gasteiger partial charge is 0.191 e. The van der Waals surface area contributed by atoms with Crippen LogP contribution in [-0.2, 0) is 0 Å². The van der Waals surface area contributed by atoms with E-state index in [0.717, 1.165) is 6.07 Å². The van der Waals surface area contributed by atoms with E-state index < -0.39 is 11.6 Å². The van der Waals surface area contributed by atoms with Crippen molar-refractivity contribution in [2.75, 3.05) is 0 Å². The Kier molecular flexibility index (Phi) is 2.39. The third kappa shape index (κ3) is 1.46. The van der Waals surface area contributed by atoms with Crippen LogP contribution in [-0.4, -0.2) is 11.6 Å². The fraction of sp³-hybridized carbons (Fsp3) is 0.250.